The number of aromatic nitrogens is 2. The predicted molar refractivity (Wildman–Crippen MR) is 122 cm³/mol. The van der Waals surface area contributed by atoms with E-state index in [4.69, 9.17) is 27.2 Å². The molecule has 31 heavy (non-hydrogen) atoms. The van der Waals surface area contributed by atoms with Gasteiger partial charge in [-0.1, -0.05) is 11.6 Å². The van der Waals surface area contributed by atoms with E-state index in [1.807, 2.05) is 0 Å². The number of nitrogens with one attached hydrogen (secondary N) is 1. The molecule has 1 heterocycles. The van der Waals surface area contributed by atoms with Crippen LogP contribution in [0.25, 0.3) is 0 Å². The Bertz CT molecular complexity index is 994. The summed E-state index contributed by atoms with van der Waals surface area (Å²) in [6.07, 6.45) is 9.00. The smallest absolute Gasteiger partial charge is 0.157 e. The molecule has 0 unspecified atom stereocenters. The van der Waals surface area contributed by atoms with Crippen LogP contribution in [0.1, 0.15) is 31.4 Å². The zero-order valence-electron chi connectivity index (χ0n) is 17.0. The lowest BCUT2D eigenvalue weighted by Crippen LogP contribution is -2.06. The number of aliphatic hydroxyl groups is 1. The van der Waals surface area contributed by atoms with Crippen molar-refractivity contribution in [2.75, 3.05) is 30.8 Å². The molecule has 164 valence electrons. The van der Waals surface area contributed by atoms with Crippen molar-refractivity contribution in [1.82, 2.24) is 9.97 Å². The van der Waals surface area contributed by atoms with Crippen molar-refractivity contribution in [2.45, 2.75) is 25.7 Å². The number of nitrogens with two attached hydrogens (primary N) is 1. The molecule has 0 atom stereocenters. The number of allylic oxidation sites excluding steroid dienone is 3. The van der Waals surface area contributed by atoms with Gasteiger partial charge in [0, 0.05) is 25.1 Å². The molecule has 0 saturated heterocycles. The average molecular weight is 446 g/mol. The van der Waals surface area contributed by atoms with Crippen LogP contribution in [0.3, 0.4) is 0 Å². The van der Waals surface area contributed by atoms with Crippen molar-refractivity contribution in [2.24, 2.45) is 4.99 Å². The van der Waals surface area contributed by atoms with Gasteiger partial charge in [0.25, 0.3) is 0 Å². The summed E-state index contributed by atoms with van der Waals surface area (Å²) in [5, 5.41) is 12.3. The average Bonchev–Trinajstić information content (AvgIpc) is 2.75. The van der Waals surface area contributed by atoms with E-state index >= 15 is 0 Å². The van der Waals surface area contributed by atoms with Crippen molar-refractivity contribution in [3.05, 3.63) is 58.8 Å². The Kier molecular flexibility index (Phi) is 8.37. The second kappa shape index (κ2) is 11.4. The van der Waals surface area contributed by atoms with Gasteiger partial charge in [-0.05, 0) is 61.6 Å². The lowest BCUT2D eigenvalue weighted by Gasteiger charge is -2.14. The van der Waals surface area contributed by atoms with E-state index in [0.29, 0.717) is 53.0 Å². The molecular formula is C22H25ClFN5O2. The fourth-order valence-corrected chi connectivity index (χ4v) is 3.15. The van der Waals surface area contributed by atoms with E-state index in [1.54, 1.807) is 30.5 Å². The maximum atomic E-state index is 13.3. The summed E-state index contributed by atoms with van der Waals surface area (Å²) >= 11 is 6.35. The molecule has 0 radical (unpaired) electrons. The summed E-state index contributed by atoms with van der Waals surface area (Å²) in [6, 6.07) is 5.24. The molecule has 3 rings (SSSR count). The van der Waals surface area contributed by atoms with Crippen molar-refractivity contribution in [1.29, 1.82) is 0 Å². The number of halogens is 2. The largest absolute Gasteiger partial charge is 0.488 e. The first kappa shape index (κ1) is 22.7. The molecule has 4 N–H and O–H groups in total. The number of aliphatic imine (C=N–C) groups is 1. The minimum absolute atomic E-state index is 0.152. The summed E-state index contributed by atoms with van der Waals surface area (Å²) in [5.74, 6) is 0.716. The van der Waals surface area contributed by atoms with Crippen LogP contribution in [-0.4, -0.2) is 41.0 Å². The van der Waals surface area contributed by atoms with Gasteiger partial charge in [-0.3, -0.25) is 4.99 Å². The number of anilines is 3. The zero-order chi connectivity index (χ0) is 22.1. The summed E-state index contributed by atoms with van der Waals surface area (Å²) in [7, 11) is 0. The Morgan fingerprint density at radius 2 is 2.19 bits per heavy atom. The van der Waals surface area contributed by atoms with Crippen LogP contribution in [0.15, 0.2) is 53.1 Å². The minimum Gasteiger partial charge on any atom is -0.488 e. The zero-order valence-corrected chi connectivity index (χ0v) is 17.8. The van der Waals surface area contributed by atoms with Gasteiger partial charge in [-0.2, -0.15) is 0 Å². The van der Waals surface area contributed by atoms with Gasteiger partial charge in [0.1, 0.15) is 35.9 Å². The number of hydrogen-bond donors (Lipinski definition) is 3. The monoisotopic (exact) mass is 445 g/mol. The van der Waals surface area contributed by atoms with Gasteiger partial charge in [-0.25, -0.2) is 14.4 Å². The van der Waals surface area contributed by atoms with Crippen LogP contribution in [-0.2, 0) is 0 Å². The molecule has 0 spiro atoms. The van der Waals surface area contributed by atoms with Crippen LogP contribution >= 0.6 is 11.6 Å². The molecule has 0 aliphatic heterocycles. The third kappa shape index (κ3) is 6.77. The molecule has 1 aliphatic rings. The topological polar surface area (TPSA) is 106 Å². The number of aliphatic hydroxyl groups excluding tert-OH is 1. The third-order valence-corrected chi connectivity index (χ3v) is 4.87. The predicted octanol–water partition coefficient (Wildman–Crippen LogP) is 4.60. The summed E-state index contributed by atoms with van der Waals surface area (Å²) in [4.78, 5) is 12.6. The molecule has 0 amide bonds. The first-order chi connectivity index (χ1) is 15.1. The van der Waals surface area contributed by atoms with Crippen LogP contribution in [0.2, 0.25) is 5.02 Å². The molecule has 1 aliphatic carbocycles. The van der Waals surface area contributed by atoms with Crippen molar-refractivity contribution < 1.29 is 14.2 Å². The Morgan fingerprint density at radius 3 is 2.97 bits per heavy atom. The minimum atomic E-state index is -0.229. The number of nitrogens with zero attached hydrogens (tertiary/aromatic N) is 3. The molecule has 0 fully saturated rings. The Balaban J connectivity index is 1.63. The highest BCUT2D eigenvalue weighted by molar-refractivity contribution is 6.32. The second-order valence-electron chi connectivity index (χ2n) is 6.98. The Morgan fingerprint density at radius 1 is 1.32 bits per heavy atom. The van der Waals surface area contributed by atoms with Crippen molar-refractivity contribution >= 4 is 35.0 Å². The third-order valence-electron chi connectivity index (χ3n) is 4.58. The van der Waals surface area contributed by atoms with E-state index < -0.39 is 0 Å². The van der Waals surface area contributed by atoms with Crippen LogP contribution in [0.5, 0.6) is 5.75 Å². The highest BCUT2D eigenvalue weighted by Gasteiger charge is 2.10. The van der Waals surface area contributed by atoms with Gasteiger partial charge >= 0.3 is 0 Å². The SMILES string of the molecule is Nc1c(C=NCCCCO)ncnc1Nc1ccc(OCC2=CC(F)=CCC2)c(Cl)c1. The van der Waals surface area contributed by atoms with Crippen LogP contribution in [0.4, 0.5) is 21.6 Å². The number of benzene rings is 1. The van der Waals surface area contributed by atoms with Gasteiger partial charge < -0.3 is 20.9 Å². The number of unbranched alkanes of at least 4 members (excludes halogenated alkanes) is 1. The first-order valence-electron chi connectivity index (χ1n) is 10.0. The number of nitrogen functional groups attached to an aromatic ring is 1. The number of ether oxygens (including phenoxy) is 1. The maximum Gasteiger partial charge on any atom is 0.157 e. The van der Waals surface area contributed by atoms with E-state index in [0.717, 1.165) is 18.4 Å². The molecule has 1 aromatic carbocycles. The van der Waals surface area contributed by atoms with Crippen molar-refractivity contribution in [3.8, 4) is 5.75 Å². The van der Waals surface area contributed by atoms with E-state index in [2.05, 4.69) is 20.3 Å². The first-order valence-corrected chi connectivity index (χ1v) is 10.4. The molecule has 9 heteroatoms. The summed E-state index contributed by atoms with van der Waals surface area (Å²) in [6.45, 7) is 1.02. The molecule has 0 bridgehead atoms. The van der Waals surface area contributed by atoms with Crippen LogP contribution in [0, 0.1) is 0 Å². The Hall–Kier alpha value is -2.97. The van der Waals surface area contributed by atoms with Gasteiger partial charge in [0.15, 0.2) is 5.82 Å². The molecule has 2 aromatic rings. The summed E-state index contributed by atoms with van der Waals surface area (Å²) in [5.41, 5.74) is 8.60. The highest BCUT2D eigenvalue weighted by Crippen LogP contribution is 2.31. The number of hydrogen-bond acceptors (Lipinski definition) is 7. The van der Waals surface area contributed by atoms with Gasteiger partial charge in [-0.15, -0.1) is 0 Å². The van der Waals surface area contributed by atoms with Crippen LogP contribution < -0.4 is 15.8 Å². The van der Waals surface area contributed by atoms with E-state index in [1.165, 1.54) is 12.4 Å². The van der Waals surface area contributed by atoms with E-state index in [-0.39, 0.29) is 19.0 Å². The molecule has 7 nitrogen and oxygen atoms in total. The summed E-state index contributed by atoms with van der Waals surface area (Å²) < 4.78 is 19.1. The van der Waals surface area contributed by atoms with Crippen molar-refractivity contribution in [3.63, 3.8) is 0 Å². The fraction of sp³-hybridized carbons (Fsp3) is 0.318. The van der Waals surface area contributed by atoms with Gasteiger partial charge in [0.2, 0.25) is 0 Å². The quantitative estimate of drug-likeness (QED) is 0.364. The fourth-order valence-electron chi connectivity index (χ4n) is 2.92. The number of rotatable bonds is 10. The molecular weight excluding hydrogens is 421 g/mol. The molecule has 0 saturated carbocycles. The normalized spacial score (nSPS) is 13.8. The lowest BCUT2D eigenvalue weighted by molar-refractivity contribution is 0.285. The van der Waals surface area contributed by atoms with E-state index in [9.17, 15) is 4.39 Å². The molecule has 1 aromatic heterocycles. The maximum absolute atomic E-state index is 13.3. The standard InChI is InChI=1S/C22H25ClFN5O2/c23-18-11-17(6-7-20(18)31-13-15-4-3-5-16(24)10-15)29-22-21(25)19(27-14-28-22)12-26-8-1-2-9-30/h5-7,10-12,14,30H,1-4,8-9,13,25H2,(H,27,28,29). The second-order valence-corrected chi connectivity index (χ2v) is 7.38. The highest BCUT2D eigenvalue weighted by atomic mass is 35.5. The Labute approximate surface area is 185 Å². The van der Waals surface area contributed by atoms with Gasteiger partial charge in [0.05, 0.1) is 5.02 Å². The lowest BCUT2D eigenvalue weighted by atomic mass is 10.1.